The third kappa shape index (κ3) is 5.17. The quantitative estimate of drug-likeness (QED) is 0.900. The van der Waals surface area contributed by atoms with Crippen LogP contribution in [0, 0.1) is 0 Å². The second-order valence-electron chi connectivity index (χ2n) is 6.88. The summed E-state index contributed by atoms with van der Waals surface area (Å²) in [4.78, 5) is 25.6. The first-order valence-corrected chi connectivity index (χ1v) is 7.80. The minimum Gasteiger partial charge on any atom is -0.338 e. The lowest BCUT2D eigenvalue weighted by Gasteiger charge is -2.34. The number of carbonyl (C=O) groups is 2. The predicted molar refractivity (Wildman–Crippen MR) is 90.9 cm³/mol. The van der Waals surface area contributed by atoms with Crippen LogP contribution in [0.5, 0.6) is 0 Å². The fourth-order valence-corrected chi connectivity index (χ4v) is 2.51. The molecule has 22 heavy (non-hydrogen) atoms. The number of hydrogen-bond acceptors (Lipinski definition) is 2. The second kappa shape index (κ2) is 7.43. The maximum absolute atomic E-state index is 12.2. The summed E-state index contributed by atoms with van der Waals surface area (Å²) in [5, 5.41) is 2.96. The molecule has 2 amide bonds. The summed E-state index contributed by atoms with van der Waals surface area (Å²) in [5.41, 5.74) is 1.70. The molecule has 0 radical (unpaired) electrons. The lowest BCUT2D eigenvalue weighted by atomic mass is 10.0. The highest BCUT2D eigenvalue weighted by molar-refractivity contribution is 5.92. The summed E-state index contributed by atoms with van der Waals surface area (Å²) in [6.45, 7) is 12.1. The van der Waals surface area contributed by atoms with E-state index in [2.05, 4.69) is 19.2 Å². The van der Waals surface area contributed by atoms with Crippen molar-refractivity contribution in [2.75, 3.05) is 11.9 Å². The molecule has 0 aliphatic rings. The number of nitrogens with zero attached hydrogens (tertiary/aromatic N) is 1. The molecule has 0 aliphatic heterocycles. The predicted octanol–water partition coefficient (Wildman–Crippen LogP) is 3.79. The normalized spacial score (nSPS) is 11.4. The minimum atomic E-state index is -0.276. The lowest BCUT2D eigenvalue weighted by molar-refractivity contribution is -0.134. The lowest BCUT2D eigenvalue weighted by Crippen LogP contribution is -2.45. The standard InChI is InChI=1S/C18H28N2O2/c1-13(2)15-9-7-8-10-16(15)19-17(22)11-12-20(14(3)21)18(4,5)6/h7-10,13H,11-12H2,1-6H3,(H,19,22). The van der Waals surface area contributed by atoms with Gasteiger partial charge in [-0.2, -0.15) is 0 Å². The number of carbonyl (C=O) groups excluding carboxylic acids is 2. The zero-order chi connectivity index (χ0) is 16.9. The molecule has 0 fully saturated rings. The van der Waals surface area contributed by atoms with Crippen LogP contribution >= 0.6 is 0 Å². The average Bonchev–Trinajstić information content (AvgIpc) is 2.37. The molecule has 0 saturated heterocycles. The van der Waals surface area contributed by atoms with Gasteiger partial charge >= 0.3 is 0 Å². The van der Waals surface area contributed by atoms with Crippen LogP contribution in [0.15, 0.2) is 24.3 Å². The molecular weight excluding hydrogens is 276 g/mol. The van der Waals surface area contributed by atoms with Crippen LogP contribution in [0.4, 0.5) is 5.69 Å². The first-order chi connectivity index (χ1) is 10.1. The number of hydrogen-bond donors (Lipinski definition) is 1. The number of benzene rings is 1. The molecule has 0 bridgehead atoms. The highest BCUT2D eigenvalue weighted by Crippen LogP contribution is 2.23. The first kappa shape index (κ1) is 18.2. The van der Waals surface area contributed by atoms with Crippen LogP contribution in [-0.2, 0) is 9.59 Å². The van der Waals surface area contributed by atoms with Crippen molar-refractivity contribution in [3.8, 4) is 0 Å². The maximum atomic E-state index is 12.2. The highest BCUT2D eigenvalue weighted by Gasteiger charge is 2.24. The van der Waals surface area contributed by atoms with Crippen LogP contribution < -0.4 is 5.32 Å². The zero-order valence-electron chi connectivity index (χ0n) is 14.6. The molecule has 0 unspecified atom stereocenters. The van der Waals surface area contributed by atoms with Gasteiger partial charge in [0.15, 0.2) is 0 Å². The molecule has 0 saturated carbocycles. The van der Waals surface area contributed by atoms with E-state index in [1.807, 2.05) is 45.0 Å². The first-order valence-electron chi connectivity index (χ1n) is 7.80. The number of amides is 2. The van der Waals surface area contributed by atoms with E-state index >= 15 is 0 Å². The summed E-state index contributed by atoms with van der Waals surface area (Å²) < 4.78 is 0. The topological polar surface area (TPSA) is 49.4 Å². The Labute approximate surface area is 133 Å². The Morgan fingerprint density at radius 2 is 1.77 bits per heavy atom. The van der Waals surface area contributed by atoms with Gasteiger partial charge in [-0.15, -0.1) is 0 Å². The van der Waals surface area contributed by atoms with Gasteiger partial charge in [0, 0.05) is 31.1 Å². The summed E-state index contributed by atoms with van der Waals surface area (Å²) >= 11 is 0. The van der Waals surface area contributed by atoms with Gasteiger partial charge in [0.05, 0.1) is 0 Å². The molecule has 1 aromatic carbocycles. The van der Waals surface area contributed by atoms with Crippen LogP contribution in [-0.4, -0.2) is 28.8 Å². The van der Waals surface area contributed by atoms with Crippen LogP contribution in [0.25, 0.3) is 0 Å². The maximum Gasteiger partial charge on any atom is 0.226 e. The Hall–Kier alpha value is -1.84. The van der Waals surface area contributed by atoms with Crippen LogP contribution in [0.2, 0.25) is 0 Å². The van der Waals surface area contributed by atoms with E-state index in [1.165, 1.54) is 6.92 Å². The monoisotopic (exact) mass is 304 g/mol. The second-order valence-corrected chi connectivity index (χ2v) is 6.88. The SMILES string of the molecule is CC(=O)N(CCC(=O)Nc1ccccc1C(C)C)C(C)(C)C. The van der Waals surface area contributed by atoms with E-state index in [-0.39, 0.29) is 17.4 Å². The Morgan fingerprint density at radius 3 is 2.27 bits per heavy atom. The fraction of sp³-hybridized carbons (Fsp3) is 0.556. The highest BCUT2D eigenvalue weighted by atomic mass is 16.2. The number of para-hydroxylation sites is 1. The number of rotatable bonds is 5. The van der Waals surface area contributed by atoms with Gasteiger partial charge in [-0.25, -0.2) is 0 Å². The summed E-state index contributed by atoms with van der Waals surface area (Å²) in [6.07, 6.45) is 0.295. The van der Waals surface area contributed by atoms with Crippen molar-refractivity contribution < 1.29 is 9.59 Å². The van der Waals surface area contributed by atoms with Gasteiger partial charge in [0.2, 0.25) is 11.8 Å². The van der Waals surface area contributed by atoms with Gasteiger partial charge in [-0.1, -0.05) is 32.0 Å². The van der Waals surface area contributed by atoms with Gasteiger partial charge in [-0.3, -0.25) is 9.59 Å². The molecule has 0 aromatic heterocycles. The molecule has 0 aliphatic carbocycles. The molecule has 0 heterocycles. The Bertz CT molecular complexity index is 530. The van der Waals surface area contributed by atoms with Crippen molar-refractivity contribution in [3.63, 3.8) is 0 Å². The molecule has 0 atom stereocenters. The Kier molecular flexibility index (Phi) is 6.15. The van der Waals surface area contributed by atoms with E-state index < -0.39 is 0 Å². The summed E-state index contributed by atoms with van der Waals surface area (Å²) in [7, 11) is 0. The molecule has 0 spiro atoms. The van der Waals surface area contributed by atoms with Crippen molar-refractivity contribution in [3.05, 3.63) is 29.8 Å². The van der Waals surface area contributed by atoms with Gasteiger partial charge in [-0.05, 0) is 38.3 Å². The molecule has 122 valence electrons. The van der Waals surface area contributed by atoms with Crippen molar-refractivity contribution in [2.24, 2.45) is 0 Å². The molecule has 1 rings (SSSR count). The average molecular weight is 304 g/mol. The van der Waals surface area contributed by atoms with E-state index in [1.54, 1.807) is 4.90 Å². The smallest absolute Gasteiger partial charge is 0.226 e. The fourth-order valence-electron chi connectivity index (χ4n) is 2.51. The van der Waals surface area contributed by atoms with Gasteiger partial charge in [0.25, 0.3) is 0 Å². The molecule has 1 N–H and O–H groups in total. The van der Waals surface area contributed by atoms with E-state index in [0.29, 0.717) is 18.9 Å². The van der Waals surface area contributed by atoms with E-state index in [9.17, 15) is 9.59 Å². The summed E-state index contributed by atoms with van der Waals surface area (Å²) in [5.74, 6) is 0.270. The third-order valence-electron chi connectivity index (χ3n) is 3.61. The Morgan fingerprint density at radius 1 is 1.18 bits per heavy atom. The molecule has 4 heteroatoms. The third-order valence-corrected chi connectivity index (χ3v) is 3.61. The van der Waals surface area contributed by atoms with E-state index in [0.717, 1.165) is 11.3 Å². The van der Waals surface area contributed by atoms with Crippen LogP contribution in [0.1, 0.15) is 59.4 Å². The number of nitrogens with one attached hydrogen (secondary N) is 1. The van der Waals surface area contributed by atoms with Gasteiger partial charge in [0.1, 0.15) is 0 Å². The minimum absolute atomic E-state index is 0.0112. The van der Waals surface area contributed by atoms with Crippen molar-refractivity contribution in [1.82, 2.24) is 4.90 Å². The molecule has 4 nitrogen and oxygen atoms in total. The van der Waals surface area contributed by atoms with E-state index in [4.69, 9.17) is 0 Å². The summed E-state index contributed by atoms with van der Waals surface area (Å²) in [6, 6.07) is 7.83. The Balaban J connectivity index is 2.70. The van der Waals surface area contributed by atoms with Gasteiger partial charge < -0.3 is 10.2 Å². The van der Waals surface area contributed by atoms with Crippen molar-refractivity contribution >= 4 is 17.5 Å². The van der Waals surface area contributed by atoms with Crippen molar-refractivity contribution in [2.45, 2.75) is 59.4 Å². The largest absolute Gasteiger partial charge is 0.338 e. The zero-order valence-corrected chi connectivity index (χ0v) is 14.6. The van der Waals surface area contributed by atoms with Crippen LogP contribution in [0.3, 0.4) is 0 Å². The van der Waals surface area contributed by atoms with Crippen molar-refractivity contribution in [1.29, 1.82) is 0 Å². The molecular formula is C18H28N2O2. The number of anilines is 1. The molecule has 1 aromatic rings.